The maximum atomic E-state index is 12.3. The van der Waals surface area contributed by atoms with Gasteiger partial charge in [0.15, 0.2) is 6.10 Å². The van der Waals surface area contributed by atoms with Gasteiger partial charge in [-0.2, -0.15) is 0 Å². The van der Waals surface area contributed by atoms with Crippen molar-refractivity contribution in [2.75, 3.05) is 14.1 Å². The highest BCUT2D eigenvalue weighted by Gasteiger charge is 2.23. The van der Waals surface area contributed by atoms with Crippen LogP contribution in [0, 0.1) is 0 Å². The van der Waals surface area contributed by atoms with E-state index in [1.54, 1.807) is 0 Å². The Morgan fingerprint density at radius 3 is 2.33 bits per heavy atom. The molecule has 0 aliphatic carbocycles. The zero-order valence-corrected chi connectivity index (χ0v) is 17.6. The number of nitrogens with zero attached hydrogens (tertiary/aromatic N) is 1. The largest absolute Gasteiger partial charge is 0.449 e. The molecule has 0 aromatic heterocycles. The number of amides is 3. The molecule has 0 aliphatic rings. The van der Waals surface area contributed by atoms with Gasteiger partial charge in [-0.15, -0.1) is 0 Å². The third-order valence-electron chi connectivity index (χ3n) is 4.03. The van der Waals surface area contributed by atoms with Crippen LogP contribution >= 0.6 is 0 Å². The van der Waals surface area contributed by atoms with Gasteiger partial charge in [0, 0.05) is 20.6 Å². The molecule has 160 valence electrons. The van der Waals surface area contributed by atoms with Crippen LogP contribution in [-0.2, 0) is 26.1 Å². The van der Waals surface area contributed by atoms with Gasteiger partial charge in [-0.3, -0.25) is 10.1 Å². The van der Waals surface area contributed by atoms with Crippen LogP contribution in [0.5, 0.6) is 0 Å². The highest BCUT2D eigenvalue weighted by Crippen LogP contribution is 2.16. The summed E-state index contributed by atoms with van der Waals surface area (Å²) in [6.45, 7) is 1.53. The molecule has 0 fully saturated rings. The molecule has 0 saturated carbocycles. The van der Waals surface area contributed by atoms with Crippen molar-refractivity contribution in [2.24, 2.45) is 0 Å². The van der Waals surface area contributed by atoms with Crippen LogP contribution in [0.3, 0.4) is 0 Å². The van der Waals surface area contributed by atoms with Gasteiger partial charge in [0.2, 0.25) is 10.0 Å². The van der Waals surface area contributed by atoms with Gasteiger partial charge in [-0.1, -0.05) is 36.4 Å². The summed E-state index contributed by atoms with van der Waals surface area (Å²) < 4.78 is 30.4. The summed E-state index contributed by atoms with van der Waals surface area (Å²) in [5.74, 6) is -1.70. The van der Waals surface area contributed by atoms with Crippen molar-refractivity contribution in [3.8, 4) is 0 Å². The predicted molar refractivity (Wildman–Crippen MR) is 109 cm³/mol. The van der Waals surface area contributed by atoms with Crippen molar-refractivity contribution in [1.82, 2.24) is 14.9 Å². The number of esters is 1. The van der Waals surface area contributed by atoms with E-state index in [2.05, 4.69) is 10.6 Å². The van der Waals surface area contributed by atoms with E-state index in [0.29, 0.717) is 0 Å². The monoisotopic (exact) mass is 433 g/mol. The van der Waals surface area contributed by atoms with E-state index < -0.39 is 34.0 Å². The number of carbonyl (C=O) groups excluding carboxylic acids is 3. The molecule has 0 heterocycles. The normalized spacial score (nSPS) is 12.1. The summed E-state index contributed by atoms with van der Waals surface area (Å²) in [4.78, 5) is 36.2. The summed E-state index contributed by atoms with van der Waals surface area (Å²) in [5, 5.41) is 4.61. The molecule has 10 heteroatoms. The van der Waals surface area contributed by atoms with Crippen molar-refractivity contribution in [1.29, 1.82) is 0 Å². The van der Waals surface area contributed by atoms with Crippen LogP contribution in [0.2, 0.25) is 0 Å². The van der Waals surface area contributed by atoms with Crippen LogP contribution in [0.1, 0.15) is 22.8 Å². The SMILES string of the molecule is CC(OC(=O)c1cccc(S(=O)(=O)N(C)C)c1)C(=O)NC(=O)NCc1ccccc1. The number of carbonyl (C=O) groups is 3. The molecule has 2 aromatic rings. The molecule has 3 amide bonds. The fraction of sp³-hybridized carbons (Fsp3) is 0.250. The molecule has 0 saturated heterocycles. The Balaban J connectivity index is 1.93. The van der Waals surface area contributed by atoms with Gasteiger partial charge in [-0.25, -0.2) is 22.3 Å². The van der Waals surface area contributed by atoms with Crippen LogP contribution in [0.25, 0.3) is 0 Å². The van der Waals surface area contributed by atoms with Gasteiger partial charge in [-0.05, 0) is 30.7 Å². The van der Waals surface area contributed by atoms with Gasteiger partial charge in [0.1, 0.15) is 0 Å². The number of hydrogen-bond acceptors (Lipinski definition) is 6. The first kappa shape index (κ1) is 23.0. The smallest absolute Gasteiger partial charge is 0.338 e. The van der Waals surface area contributed by atoms with Gasteiger partial charge < -0.3 is 10.1 Å². The Bertz CT molecular complexity index is 1020. The first-order valence-corrected chi connectivity index (χ1v) is 10.4. The zero-order chi connectivity index (χ0) is 22.3. The van der Waals surface area contributed by atoms with E-state index in [-0.39, 0.29) is 17.0 Å². The first-order chi connectivity index (χ1) is 14.1. The molecular weight excluding hydrogens is 410 g/mol. The van der Waals surface area contributed by atoms with Gasteiger partial charge in [0.25, 0.3) is 5.91 Å². The van der Waals surface area contributed by atoms with Gasteiger partial charge >= 0.3 is 12.0 Å². The average Bonchev–Trinajstić information content (AvgIpc) is 2.72. The molecule has 2 N–H and O–H groups in total. The zero-order valence-electron chi connectivity index (χ0n) is 16.8. The Kier molecular flexibility index (Phi) is 7.67. The van der Waals surface area contributed by atoms with Crippen molar-refractivity contribution in [3.05, 3.63) is 65.7 Å². The topological polar surface area (TPSA) is 122 Å². The molecular formula is C20H23N3O6S. The lowest BCUT2D eigenvalue weighted by Crippen LogP contribution is -2.44. The van der Waals surface area contributed by atoms with Crippen LogP contribution in [0.15, 0.2) is 59.5 Å². The minimum absolute atomic E-state index is 0.0360. The minimum Gasteiger partial charge on any atom is -0.449 e. The van der Waals surface area contributed by atoms with Crippen molar-refractivity contribution < 1.29 is 27.5 Å². The number of hydrogen-bond donors (Lipinski definition) is 2. The third kappa shape index (κ3) is 6.13. The van der Waals surface area contributed by atoms with Crippen molar-refractivity contribution in [3.63, 3.8) is 0 Å². The number of ether oxygens (including phenoxy) is 1. The first-order valence-electron chi connectivity index (χ1n) is 8.97. The summed E-state index contributed by atoms with van der Waals surface area (Å²) in [6, 6.07) is 13.7. The summed E-state index contributed by atoms with van der Waals surface area (Å²) in [5.41, 5.74) is 0.818. The van der Waals surface area contributed by atoms with Crippen LogP contribution in [-0.4, -0.2) is 50.8 Å². The van der Waals surface area contributed by atoms with E-state index in [0.717, 1.165) is 15.9 Å². The highest BCUT2D eigenvalue weighted by molar-refractivity contribution is 7.89. The molecule has 2 aromatic carbocycles. The number of rotatable bonds is 7. The number of nitrogens with one attached hydrogen (secondary N) is 2. The quantitative estimate of drug-likeness (QED) is 0.639. The van der Waals surface area contributed by atoms with E-state index in [1.807, 2.05) is 30.3 Å². The lowest BCUT2D eigenvalue weighted by molar-refractivity contribution is -0.127. The summed E-state index contributed by atoms with van der Waals surface area (Å²) in [6.07, 6.45) is -1.27. The fourth-order valence-electron chi connectivity index (χ4n) is 2.31. The maximum absolute atomic E-state index is 12.3. The number of imide groups is 1. The number of benzene rings is 2. The molecule has 9 nitrogen and oxygen atoms in total. The average molecular weight is 433 g/mol. The van der Waals surface area contributed by atoms with Gasteiger partial charge in [0.05, 0.1) is 10.5 Å². The number of sulfonamides is 1. The molecule has 2 rings (SSSR count). The Morgan fingerprint density at radius 1 is 1.03 bits per heavy atom. The molecule has 30 heavy (non-hydrogen) atoms. The van der Waals surface area contributed by atoms with Crippen molar-refractivity contribution in [2.45, 2.75) is 24.5 Å². The summed E-state index contributed by atoms with van der Waals surface area (Å²) in [7, 11) is -0.988. The van der Waals surface area contributed by atoms with Crippen molar-refractivity contribution >= 4 is 27.9 Å². The molecule has 0 aliphatic heterocycles. The van der Waals surface area contributed by atoms with E-state index in [9.17, 15) is 22.8 Å². The Hall–Kier alpha value is -3.24. The minimum atomic E-state index is -3.73. The molecule has 1 atom stereocenters. The van der Waals surface area contributed by atoms with Crippen LogP contribution in [0.4, 0.5) is 4.79 Å². The Labute approximate surface area is 175 Å². The standard InChI is InChI=1S/C20H23N3O6S/c1-14(18(24)22-20(26)21-13-15-8-5-4-6-9-15)29-19(25)16-10-7-11-17(12-16)30(27,28)23(2)3/h4-12,14H,13H2,1-3H3,(H2,21,22,24,26). The number of urea groups is 1. The Morgan fingerprint density at radius 2 is 1.70 bits per heavy atom. The second-order valence-corrected chi connectivity index (χ2v) is 8.67. The third-order valence-corrected chi connectivity index (χ3v) is 5.85. The lowest BCUT2D eigenvalue weighted by atomic mass is 10.2. The summed E-state index contributed by atoms with van der Waals surface area (Å²) >= 11 is 0. The van der Waals surface area contributed by atoms with E-state index in [4.69, 9.17) is 4.74 Å². The fourth-order valence-corrected chi connectivity index (χ4v) is 3.26. The van der Waals surface area contributed by atoms with Crippen LogP contribution < -0.4 is 10.6 Å². The second-order valence-electron chi connectivity index (χ2n) is 6.52. The second kappa shape index (κ2) is 9.99. The van der Waals surface area contributed by atoms with E-state index >= 15 is 0 Å². The predicted octanol–water partition coefficient (Wildman–Crippen LogP) is 1.51. The highest BCUT2D eigenvalue weighted by atomic mass is 32.2. The lowest BCUT2D eigenvalue weighted by Gasteiger charge is -2.15. The molecule has 1 unspecified atom stereocenters. The maximum Gasteiger partial charge on any atom is 0.338 e. The molecule has 0 radical (unpaired) electrons. The van der Waals surface area contributed by atoms with E-state index in [1.165, 1.54) is 39.2 Å². The molecule has 0 bridgehead atoms. The molecule has 0 spiro atoms.